The number of nitrogens with zero attached hydrogens (tertiary/aromatic N) is 1. The minimum absolute atomic E-state index is 0.309. The Hall–Kier alpha value is -1.41. The van der Waals surface area contributed by atoms with E-state index in [0.717, 1.165) is 12.8 Å². The molecular formula is C13H20N2O5S. The van der Waals surface area contributed by atoms with Gasteiger partial charge < -0.3 is 9.63 Å². The van der Waals surface area contributed by atoms with Crippen LogP contribution >= 0.6 is 0 Å². The summed E-state index contributed by atoms with van der Waals surface area (Å²) in [6, 6.07) is 0.956. The van der Waals surface area contributed by atoms with Gasteiger partial charge in [-0.05, 0) is 26.7 Å². The third kappa shape index (κ3) is 3.62. The molecule has 1 aromatic rings. The molecule has 1 heterocycles. The number of carboxylic acid groups (broad SMARTS) is 1. The Balaban J connectivity index is 2.12. The van der Waals surface area contributed by atoms with E-state index in [1.807, 2.05) is 0 Å². The number of hydrogen-bond donors (Lipinski definition) is 2. The van der Waals surface area contributed by atoms with Gasteiger partial charge in [0.2, 0.25) is 10.0 Å². The van der Waals surface area contributed by atoms with Gasteiger partial charge >= 0.3 is 5.97 Å². The molecule has 0 aliphatic heterocycles. The van der Waals surface area contributed by atoms with E-state index in [4.69, 9.17) is 4.52 Å². The highest BCUT2D eigenvalue weighted by molar-refractivity contribution is 7.88. The van der Waals surface area contributed by atoms with Crippen molar-refractivity contribution in [2.24, 2.45) is 5.41 Å². The highest BCUT2D eigenvalue weighted by Crippen LogP contribution is 2.36. The zero-order chi connectivity index (χ0) is 15.7. The van der Waals surface area contributed by atoms with Gasteiger partial charge in [0.25, 0.3) is 0 Å². The highest BCUT2D eigenvalue weighted by Gasteiger charge is 2.44. The number of aryl methyl sites for hydroxylation is 1. The normalized spacial score (nSPS) is 26.7. The Morgan fingerprint density at radius 1 is 1.57 bits per heavy atom. The van der Waals surface area contributed by atoms with Crippen LogP contribution in [0, 0.1) is 12.3 Å². The molecule has 21 heavy (non-hydrogen) atoms. The van der Waals surface area contributed by atoms with Gasteiger partial charge in [-0.25, -0.2) is 13.1 Å². The molecule has 0 saturated heterocycles. The first-order chi connectivity index (χ1) is 9.73. The van der Waals surface area contributed by atoms with Gasteiger partial charge in [0, 0.05) is 12.1 Å². The Labute approximate surface area is 123 Å². The monoisotopic (exact) mass is 316 g/mol. The van der Waals surface area contributed by atoms with E-state index in [9.17, 15) is 18.3 Å². The second kappa shape index (κ2) is 5.76. The van der Waals surface area contributed by atoms with Gasteiger partial charge in [0.1, 0.15) is 17.2 Å². The summed E-state index contributed by atoms with van der Waals surface area (Å²) in [5.41, 5.74) is -0.752. The number of carboxylic acids is 1. The molecule has 1 aliphatic carbocycles. The SMILES string of the molecule is Cc1cc(CS(=O)(=O)NC2CCCCC2(C)C(=O)O)no1. The smallest absolute Gasteiger partial charge is 0.310 e. The van der Waals surface area contributed by atoms with Crippen molar-refractivity contribution in [3.8, 4) is 0 Å². The Morgan fingerprint density at radius 2 is 2.29 bits per heavy atom. The van der Waals surface area contributed by atoms with Crippen molar-refractivity contribution < 1.29 is 22.8 Å². The molecule has 0 spiro atoms. The molecule has 1 aromatic heterocycles. The van der Waals surface area contributed by atoms with Gasteiger partial charge in [-0.2, -0.15) is 0 Å². The molecule has 2 atom stereocenters. The Bertz CT molecular complexity index is 624. The summed E-state index contributed by atoms with van der Waals surface area (Å²) in [5.74, 6) is -0.739. The van der Waals surface area contributed by atoms with Crippen molar-refractivity contribution in [1.29, 1.82) is 0 Å². The van der Waals surface area contributed by atoms with Crippen molar-refractivity contribution >= 4 is 16.0 Å². The molecule has 118 valence electrons. The fraction of sp³-hybridized carbons (Fsp3) is 0.692. The lowest BCUT2D eigenvalue weighted by Gasteiger charge is -2.38. The zero-order valence-corrected chi connectivity index (χ0v) is 12.9. The van der Waals surface area contributed by atoms with Crippen LogP contribution < -0.4 is 4.72 Å². The molecule has 1 aliphatic rings. The lowest BCUT2D eigenvalue weighted by atomic mass is 9.72. The first-order valence-corrected chi connectivity index (χ1v) is 8.54. The summed E-state index contributed by atoms with van der Waals surface area (Å²) in [6.07, 6.45) is 2.61. The molecular weight excluding hydrogens is 296 g/mol. The average molecular weight is 316 g/mol. The van der Waals surface area contributed by atoms with Crippen LogP contribution in [0.1, 0.15) is 44.1 Å². The lowest BCUT2D eigenvalue weighted by molar-refractivity contribution is -0.151. The summed E-state index contributed by atoms with van der Waals surface area (Å²) in [6.45, 7) is 3.28. The minimum Gasteiger partial charge on any atom is -0.481 e. The Morgan fingerprint density at radius 3 is 2.86 bits per heavy atom. The number of nitrogens with one attached hydrogen (secondary N) is 1. The zero-order valence-electron chi connectivity index (χ0n) is 12.1. The van der Waals surface area contributed by atoms with E-state index >= 15 is 0 Å². The number of sulfonamides is 1. The van der Waals surface area contributed by atoms with Gasteiger partial charge in [-0.1, -0.05) is 18.0 Å². The van der Waals surface area contributed by atoms with Gasteiger partial charge in [0.05, 0.1) is 5.41 Å². The van der Waals surface area contributed by atoms with Gasteiger partial charge in [-0.15, -0.1) is 0 Å². The van der Waals surface area contributed by atoms with E-state index in [1.54, 1.807) is 19.9 Å². The van der Waals surface area contributed by atoms with Crippen molar-refractivity contribution in [2.45, 2.75) is 51.3 Å². The molecule has 0 radical (unpaired) electrons. The predicted octanol–water partition coefficient (Wildman–Crippen LogP) is 1.44. The minimum atomic E-state index is -3.66. The molecule has 1 fully saturated rings. The molecule has 7 nitrogen and oxygen atoms in total. The second-order valence-electron chi connectivity index (χ2n) is 5.83. The fourth-order valence-corrected chi connectivity index (χ4v) is 4.14. The Kier molecular flexibility index (Phi) is 4.38. The number of rotatable bonds is 5. The number of aliphatic carboxylic acids is 1. The summed E-state index contributed by atoms with van der Waals surface area (Å²) in [4.78, 5) is 11.5. The molecule has 2 rings (SSSR count). The third-order valence-corrected chi connectivity index (χ3v) is 5.35. The standard InChI is InChI=1S/C13H20N2O5S/c1-9-7-10(14-20-9)8-21(18,19)15-11-5-3-4-6-13(11,2)12(16)17/h7,11,15H,3-6,8H2,1-2H3,(H,16,17). The van der Waals surface area contributed by atoms with E-state index in [2.05, 4.69) is 9.88 Å². The number of aromatic nitrogens is 1. The quantitative estimate of drug-likeness (QED) is 0.850. The lowest BCUT2D eigenvalue weighted by Crippen LogP contribution is -2.52. The topological polar surface area (TPSA) is 110 Å². The number of hydrogen-bond acceptors (Lipinski definition) is 5. The van der Waals surface area contributed by atoms with E-state index in [1.165, 1.54) is 0 Å². The van der Waals surface area contributed by atoms with Gasteiger partial charge in [-0.3, -0.25) is 4.79 Å². The van der Waals surface area contributed by atoms with Crippen LogP contribution in [0.2, 0.25) is 0 Å². The molecule has 2 N–H and O–H groups in total. The molecule has 0 aromatic carbocycles. The molecule has 0 amide bonds. The van der Waals surface area contributed by atoms with E-state index in [0.29, 0.717) is 24.3 Å². The molecule has 8 heteroatoms. The molecule has 2 unspecified atom stereocenters. The maximum atomic E-state index is 12.2. The van der Waals surface area contributed by atoms with Crippen LogP contribution in [0.15, 0.2) is 10.6 Å². The second-order valence-corrected chi connectivity index (χ2v) is 7.58. The van der Waals surface area contributed by atoms with Crippen LogP contribution in [0.4, 0.5) is 0 Å². The van der Waals surface area contributed by atoms with E-state index < -0.39 is 27.4 Å². The summed E-state index contributed by atoms with van der Waals surface area (Å²) in [7, 11) is -3.66. The largest absolute Gasteiger partial charge is 0.481 e. The van der Waals surface area contributed by atoms with Crippen molar-refractivity contribution in [2.75, 3.05) is 0 Å². The van der Waals surface area contributed by atoms with Crippen LogP contribution in [0.3, 0.4) is 0 Å². The van der Waals surface area contributed by atoms with Crippen LogP contribution in [0.25, 0.3) is 0 Å². The predicted molar refractivity (Wildman–Crippen MR) is 75.0 cm³/mol. The first-order valence-electron chi connectivity index (χ1n) is 6.88. The maximum absolute atomic E-state index is 12.2. The average Bonchev–Trinajstić information content (AvgIpc) is 2.76. The van der Waals surface area contributed by atoms with Crippen LogP contribution in [-0.2, 0) is 20.6 Å². The van der Waals surface area contributed by atoms with Crippen molar-refractivity contribution in [3.63, 3.8) is 0 Å². The first kappa shape index (κ1) is 16.0. The summed E-state index contributed by atoms with van der Waals surface area (Å²) < 4.78 is 31.8. The van der Waals surface area contributed by atoms with Crippen LogP contribution in [0.5, 0.6) is 0 Å². The molecule has 0 bridgehead atoms. The maximum Gasteiger partial charge on any atom is 0.310 e. The van der Waals surface area contributed by atoms with Gasteiger partial charge in [0.15, 0.2) is 0 Å². The van der Waals surface area contributed by atoms with Crippen molar-refractivity contribution in [1.82, 2.24) is 9.88 Å². The molecule has 1 saturated carbocycles. The fourth-order valence-electron chi connectivity index (χ4n) is 2.72. The number of carbonyl (C=O) groups is 1. The highest BCUT2D eigenvalue weighted by atomic mass is 32.2. The van der Waals surface area contributed by atoms with Crippen LogP contribution in [-0.4, -0.2) is 30.7 Å². The van der Waals surface area contributed by atoms with Crippen molar-refractivity contribution in [3.05, 3.63) is 17.5 Å². The summed E-state index contributed by atoms with van der Waals surface area (Å²) in [5, 5.41) is 13.1. The summed E-state index contributed by atoms with van der Waals surface area (Å²) >= 11 is 0. The van der Waals surface area contributed by atoms with E-state index in [-0.39, 0.29) is 5.75 Å². The third-order valence-electron chi connectivity index (χ3n) is 4.03.